The van der Waals surface area contributed by atoms with E-state index < -0.39 is 0 Å². The van der Waals surface area contributed by atoms with Gasteiger partial charge in [-0.1, -0.05) is 56.3 Å². The second-order valence-corrected chi connectivity index (χ2v) is 11.2. The first kappa shape index (κ1) is 24.3. The summed E-state index contributed by atoms with van der Waals surface area (Å²) in [7, 11) is 0. The Morgan fingerprint density at radius 2 is 1.69 bits per heavy atom. The van der Waals surface area contributed by atoms with Gasteiger partial charge in [-0.3, -0.25) is 14.6 Å². The van der Waals surface area contributed by atoms with Crippen LogP contribution in [0.5, 0.6) is 0 Å². The Morgan fingerprint density at radius 3 is 2.51 bits per heavy atom. The number of nitrogens with zero attached hydrogens (tertiary/aromatic N) is 3. The summed E-state index contributed by atoms with van der Waals surface area (Å²) in [4.78, 5) is 21.1. The van der Waals surface area contributed by atoms with Gasteiger partial charge in [-0.15, -0.1) is 0 Å². The summed E-state index contributed by atoms with van der Waals surface area (Å²) in [5.41, 5.74) is 5.22. The number of amides is 1. The quantitative estimate of drug-likeness (QED) is 0.678. The van der Waals surface area contributed by atoms with Gasteiger partial charge in [0.15, 0.2) is 0 Å². The number of anilines is 1. The Labute approximate surface area is 211 Å². The average Bonchev–Trinajstić information content (AvgIpc) is 3.22. The smallest absolute Gasteiger partial charge is 0.237 e. The van der Waals surface area contributed by atoms with E-state index in [0.717, 1.165) is 39.1 Å². The summed E-state index contributed by atoms with van der Waals surface area (Å²) >= 11 is 0. The van der Waals surface area contributed by atoms with E-state index >= 15 is 0 Å². The van der Waals surface area contributed by atoms with Crippen molar-refractivity contribution in [2.75, 3.05) is 38.0 Å². The van der Waals surface area contributed by atoms with Gasteiger partial charge in [-0.25, -0.2) is 0 Å². The average molecular weight is 475 g/mol. The highest BCUT2D eigenvalue weighted by Gasteiger charge is 2.35. The van der Waals surface area contributed by atoms with Crippen molar-refractivity contribution in [2.45, 2.75) is 71.1 Å². The van der Waals surface area contributed by atoms with E-state index in [-0.39, 0.29) is 5.91 Å². The number of benzene rings is 2. The van der Waals surface area contributed by atoms with Crippen molar-refractivity contribution in [2.24, 2.45) is 5.92 Å². The molecule has 0 saturated carbocycles. The Hall–Kier alpha value is -2.37. The summed E-state index contributed by atoms with van der Waals surface area (Å²) in [5.74, 6) is 0.973. The SMILES string of the molecule is CC(C)CCN1[C@H]2CCNc3ccccc3CN(C(=O)CN3CCc4ccccc4C3)C[C@@H]1CC2. The van der Waals surface area contributed by atoms with Crippen LogP contribution < -0.4 is 5.32 Å². The van der Waals surface area contributed by atoms with Crippen LogP contribution in [0.3, 0.4) is 0 Å². The molecule has 1 fully saturated rings. The molecule has 2 atom stereocenters. The molecule has 2 aromatic carbocycles. The number of nitrogens with one attached hydrogen (secondary N) is 1. The van der Waals surface area contributed by atoms with Crippen molar-refractivity contribution < 1.29 is 4.79 Å². The van der Waals surface area contributed by atoms with Crippen molar-refractivity contribution in [3.8, 4) is 0 Å². The third kappa shape index (κ3) is 5.90. The maximum absolute atomic E-state index is 13.8. The molecule has 188 valence electrons. The first-order valence-electron chi connectivity index (χ1n) is 13.7. The highest BCUT2D eigenvalue weighted by molar-refractivity contribution is 5.78. The van der Waals surface area contributed by atoms with Gasteiger partial charge in [0.2, 0.25) is 5.91 Å². The molecular formula is C30H42N4O. The standard InChI is InChI=1S/C30H42N4O/c1-23(2)14-18-34-27-11-12-28(34)21-33(20-26-9-5-6-10-29(26)31-16-13-27)30(35)22-32-17-15-24-7-3-4-8-25(24)19-32/h3-10,23,27-28,31H,11-22H2,1-2H3/t27-,28+/m1/s1. The fourth-order valence-electron chi connectivity index (χ4n) is 6.19. The molecule has 5 heteroatoms. The van der Waals surface area contributed by atoms with Crippen LogP contribution in [0.15, 0.2) is 48.5 Å². The summed E-state index contributed by atoms with van der Waals surface area (Å²) in [6, 6.07) is 18.3. The number of fused-ring (bicyclic) bond motifs is 4. The van der Waals surface area contributed by atoms with Crippen molar-refractivity contribution in [3.63, 3.8) is 0 Å². The van der Waals surface area contributed by atoms with E-state index in [1.165, 1.54) is 48.1 Å². The van der Waals surface area contributed by atoms with Crippen LogP contribution in [0, 0.1) is 5.92 Å². The van der Waals surface area contributed by atoms with Gasteiger partial charge in [0.1, 0.15) is 0 Å². The van der Waals surface area contributed by atoms with Crippen LogP contribution in [0.1, 0.15) is 56.2 Å². The zero-order chi connectivity index (χ0) is 24.2. The third-order valence-corrected chi connectivity index (χ3v) is 8.26. The second kappa shape index (κ2) is 11.1. The summed E-state index contributed by atoms with van der Waals surface area (Å²) in [6.45, 7) is 10.6. The Bertz CT molecular complexity index is 1010. The maximum Gasteiger partial charge on any atom is 0.237 e. The topological polar surface area (TPSA) is 38.8 Å². The lowest BCUT2D eigenvalue weighted by Gasteiger charge is -2.35. The van der Waals surface area contributed by atoms with Gasteiger partial charge in [-0.05, 0) is 67.3 Å². The fourth-order valence-corrected chi connectivity index (χ4v) is 6.19. The number of para-hydroxylation sites is 1. The van der Waals surface area contributed by atoms with E-state index in [0.29, 0.717) is 31.1 Å². The Kier molecular flexibility index (Phi) is 7.74. The Morgan fingerprint density at radius 1 is 0.943 bits per heavy atom. The lowest BCUT2D eigenvalue weighted by atomic mass is 10.00. The normalized spacial score (nSPS) is 23.3. The van der Waals surface area contributed by atoms with Crippen molar-refractivity contribution in [3.05, 3.63) is 65.2 Å². The van der Waals surface area contributed by atoms with Gasteiger partial charge >= 0.3 is 0 Å². The largest absolute Gasteiger partial charge is 0.385 e. The molecule has 3 aliphatic rings. The minimum atomic E-state index is 0.269. The number of hydrogen-bond donors (Lipinski definition) is 1. The summed E-state index contributed by atoms with van der Waals surface area (Å²) < 4.78 is 0. The van der Waals surface area contributed by atoms with E-state index in [2.05, 4.69) is 82.4 Å². The maximum atomic E-state index is 13.8. The molecule has 3 heterocycles. The van der Waals surface area contributed by atoms with Crippen LogP contribution in [0.2, 0.25) is 0 Å². The monoisotopic (exact) mass is 474 g/mol. The van der Waals surface area contributed by atoms with Gasteiger partial charge in [0.05, 0.1) is 6.54 Å². The zero-order valence-corrected chi connectivity index (χ0v) is 21.6. The van der Waals surface area contributed by atoms with Crippen molar-refractivity contribution in [1.82, 2.24) is 14.7 Å². The minimum absolute atomic E-state index is 0.269. The molecule has 5 nitrogen and oxygen atoms in total. The first-order chi connectivity index (χ1) is 17.1. The van der Waals surface area contributed by atoms with Crippen LogP contribution >= 0.6 is 0 Å². The number of carbonyl (C=O) groups is 1. The van der Waals surface area contributed by atoms with Gasteiger partial charge in [-0.2, -0.15) is 0 Å². The molecule has 0 unspecified atom stereocenters. The van der Waals surface area contributed by atoms with Crippen molar-refractivity contribution >= 4 is 11.6 Å². The molecule has 2 aromatic rings. The Balaban J connectivity index is 1.35. The summed E-state index contributed by atoms with van der Waals surface area (Å²) in [5, 5.41) is 3.71. The first-order valence-corrected chi connectivity index (χ1v) is 13.7. The summed E-state index contributed by atoms with van der Waals surface area (Å²) in [6.07, 6.45) is 5.87. The fraction of sp³-hybridized carbons (Fsp3) is 0.567. The van der Waals surface area contributed by atoms with Crippen LogP contribution in [0.4, 0.5) is 5.69 Å². The van der Waals surface area contributed by atoms with Gasteiger partial charge in [0.25, 0.3) is 0 Å². The van der Waals surface area contributed by atoms with Crippen LogP contribution in [-0.2, 0) is 24.3 Å². The van der Waals surface area contributed by atoms with Crippen molar-refractivity contribution in [1.29, 1.82) is 0 Å². The number of carbonyl (C=O) groups excluding carboxylic acids is 1. The van der Waals surface area contributed by atoms with E-state index in [9.17, 15) is 4.79 Å². The molecule has 1 N–H and O–H groups in total. The second-order valence-electron chi connectivity index (χ2n) is 11.2. The van der Waals surface area contributed by atoms with Crippen LogP contribution in [-0.4, -0.2) is 65.4 Å². The molecule has 0 spiro atoms. The lowest BCUT2D eigenvalue weighted by Crippen LogP contribution is -2.48. The lowest BCUT2D eigenvalue weighted by molar-refractivity contribution is -0.134. The molecule has 0 radical (unpaired) electrons. The molecule has 1 saturated heterocycles. The zero-order valence-electron chi connectivity index (χ0n) is 21.6. The number of rotatable bonds is 5. The molecule has 3 aliphatic heterocycles. The minimum Gasteiger partial charge on any atom is -0.385 e. The molecule has 5 rings (SSSR count). The molecule has 0 aromatic heterocycles. The number of hydrogen-bond acceptors (Lipinski definition) is 4. The van der Waals surface area contributed by atoms with Gasteiger partial charge < -0.3 is 10.2 Å². The van der Waals surface area contributed by atoms with Gasteiger partial charge in [0, 0.05) is 50.5 Å². The molecule has 35 heavy (non-hydrogen) atoms. The predicted octanol–water partition coefficient (Wildman–Crippen LogP) is 4.77. The van der Waals surface area contributed by atoms with E-state index in [4.69, 9.17) is 0 Å². The predicted molar refractivity (Wildman–Crippen MR) is 143 cm³/mol. The molecule has 0 aliphatic carbocycles. The highest BCUT2D eigenvalue weighted by atomic mass is 16.2. The molecule has 1 amide bonds. The van der Waals surface area contributed by atoms with Crippen LogP contribution in [0.25, 0.3) is 0 Å². The van der Waals surface area contributed by atoms with E-state index in [1.807, 2.05) is 0 Å². The molecular weight excluding hydrogens is 432 g/mol. The highest BCUT2D eigenvalue weighted by Crippen LogP contribution is 2.30. The van der Waals surface area contributed by atoms with E-state index in [1.54, 1.807) is 0 Å². The third-order valence-electron chi connectivity index (χ3n) is 8.26. The molecule has 2 bridgehead atoms.